The number of hydrogen-bond donors (Lipinski definition) is 1. The fourth-order valence-electron chi connectivity index (χ4n) is 4.48. The number of nitrogens with one attached hydrogen (secondary N) is 1. The number of rotatable bonds is 6. The van der Waals surface area contributed by atoms with Crippen molar-refractivity contribution in [3.05, 3.63) is 58.4 Å². The van der Waals surface area contributed by atoms with Gasteiger partial charge in [0.05, 0.1) is 22.4 Å². The molecule has 1 aromatic carbocycles. The Balaban J connectivity index is 1.53. The number of anilines is 2. The fraction of sp³-hybridized carbons (Fsp3) is 0.409. The summed E-state index contributed by atoms with van der Waals surface area (Å²) in [7, 11) is 0. The first-order chi connectivity index (χ1) is 14.5. The van der Waals surface area contributed by atoms with Crippen LogP contribution in [0.5, 0.6) is 0 Å². The summed E-state index contributed by atoms with van der Waals surface area (Å²) in [6.45, 7) is 2.56. The van der Waals surface area contributed by atoms with Gasteiger partial charge in [0.1, 0.15) is 5.69 Å². The summed E-state index contributed by atoms with van der Waals surface area (Å²) in [6.07, 6.45) is 4.63. The molecule has 4 rings (SSSR count). The summed E-state index contributed by atoms with van der Waals surface area (Å²) in [6, 6.07) is 10.1. The lowest BCUT2D eigenvalue weighted by atomic mass is 9.76. The fourth-order valence-corrected chi connectivity index (χ4v) is 4.48. The van der Waals surface area contributed by atoms with Gasteiger partial charge in [0.2, 0.25) is 11.8 Å². The van der Waals surface area contributed by atoms with Crippen LogP contribution in [-0.2, 0) is 16.0 Å². The van der Waals surface area contributed by atoms with Gasteiger partial charge in [-0.2, -0.15) is 0 Å². The number of nitro groups is 1. The van der Waals surface area contributed by atoms with Gasteiger partial charge in [-0.15, -0.1) is 0 Å². The Bertz CT molecular complexity index is 978. The van der Waals surface area contributed by atoms with Crippen molar-refractivity contribution in [2.45, 2.75) is 32.6 Å². The highest BCUT2D eigenvalue weighted by molar-refractivity contribution is 6.22. The zero-order chi connectivity index (χ0) is 21.3. The van der Waals surface area contributed by atoms with Crippen molar-refractivity contribution < 1.29 is 14.5 Å². The first-order valence-corrected chi connectivity index (χ1v) is 10.3. The molecule has 2 aliphatic rings. The van der Waals surface area contributed by atoms with Crippen LogP contribution in [0.1, 0.15) is 31.9 Å². The summed E-state index contributed by atoms with van der Waals surface area (Å²) in [4.78, 5) is 42.3. The monoisotopic (exact) mass is 408 g/mol. The summed E-state index contributed by atoms with van der Waals surface area (Å²) in [5.74, 6) is -0.674. The molecule has 2 aromatic rings. The second-order valence-corrected chi connectivity index (χ2v) is 8.10. The molecule has 1 aliphatic carbocycles. The van der Waals surface area contributed by atoms with Crippen molar-refractivity contribution >= 4 is 28.9 Å². The molecule has 1 saturated heterocycles. The number of carbonyl (C=O) groups is 2. The first kappa shape index (κ1) is 20.0. The summed E-state index contributed by atoms with van der Waals surface area (Å²) in [5, 5.41) is 14.7. The molecule has 3 atom stereocenters. The molecule has 8 heteroatoms. The van der Waals surface area contributed by atoms with Crippen molar-refractivity contribution in [1.82, 2.24) is 4.98 Å². The predicted molar refractivity (Wildman–Crippen MR) is 112 cm³/mol. The summed E-state index contributed by atoms with van der Waals surface area (Å²) in [5.41, 5.74) is 1.35. The van der Waals surface area contributed by atoms with E-state index < -0.39 is 4.92 Å². The quantitative estimate of drug-likeness (QED) is 0.445. The minimum atomic E-state index is -0.493. The van der Waals surface area contributed by atoms with Crippen molar-refractivity contribution in [3.8, 4) is 0 Å². The van der Waals surface area contributed by atoms with Crippen molar-refractivity contribution in [1.29, 1.82) is 0 Å². The van der Waals surface area contributed by atoms with Crippen LogP contribution in [0.15, 0.2) is 42.6 Å². The molecule has 1 aliphatic heterocycles. The Hall–Kier alpha value is -3.29. The van der Waals surface area contributed by atoms with Gasteiger partial charge in [-0.3, -0.25) is 24.7 Å². The van der Waals surface area contributed by atoms with Crippen molar-refractivity contribution in [2.75, 3.05) is 16.8 Å². The molecule has 0 radical (unpaired) electrons. The molecule has 0 spiro atoms. The van der Waals surface area contributed by atoms with E-state index in [-0.39, 0.29) is 35.0 Å². The Morgan fingerprint density at radius 2 is 1.97 bits per heavy atom. The average molecular weight is 408 g/mol. The molecule has 1 aromatic heterocycles. The van der Waals surface area contributed by atoms with Gasteiger partial charge < -0.3 is 5.32 Å². The van der Waals surface area contributed by atoms with Gasteiger partial charge in [-0.25, -0.2) is 4.90 Å². The highest BCUT2D eigenvalue weighted by atomic mass is 16.6. The van der Waals surface area contributed by atoms with Crippen LogP contribution in [0.2, 0.25) is 0 Å². The van der Waals surface area contributed by atoms with E-state index in [0.717, 1.165) is 17.0 Å². The van der Waals surface area contributed by atoms with Crippen molar-refractivity contribution in [3.63, 3.8) is 0 Å². The molecule has 2 amide bonds. The van der Waals surface area contributed by atoms with Crippen molar-refractivity contribution in [2.24, 2.45) is 17.8 Å². The molecule has 30 heavy (non-hydrogen) atoms. The second kappa shape index (κ2) is 8.22. The molecular formula is C22H24N4O4. The molecule has 1 saturated carbocycles. The molecule has 0 unspecified atom stereocenters. The molecule has 8 nitrogen and oxygen atoms in total. The molecule has 1 N–H and O–H groups in total. The average Bonchev–Trinajstić information content (AvgIpc) is 2.98. The van der Waals surface area contributed by atoms with E-state index in [2.05, 4.69) is 17.2 Å². The van der Waals surface area contributed by atoms with Gasteiger partial charge in [0.15, 0.2) is 0 Å². The van der Waals surface area contributed by atoms with E-state index in [1.807, 2.05) is 18.2 Å². The number of amides is 2. The smallest absolute Gasteiger partial charge is 0.294 e. The van der Waals surface area contributed by atoms with E-state index >= 15 is 0 Å². The topological polar surface area (TPSA) is 105 Å². The minimum Gasteiger partial charge on any atom is -0.379 e. The van der Waals surface area contributed by atoms with E-state index in [9.17, 15) is 19.7 Å². The van der Waals surface area contributed by atoms with Crippen LogP contribution in [0.4, 0.5) is 17.1 Å². The minimum absolute atomic E-state index is 0.155. The largest absolute Gasteiger partial charge is 0.379 e. The first-order valence-electron chi connectivity index (χ1n) is 10.3. The summed E-state index contributed by atoms with van der Waals surface area (Å²) < 4.78 is 0. The number of imide groups is 1. The lowest BCUT2D eigenvalue weighted by Gasteiger charge is -2.25. The van der Waals surface area contributed by atoms with Crippen LogP contribution < -0.4 is 10.2 Å². The van der Waals surface area contributed by atoms with Gasteiger partial charge >= 0.3 is 0 Å². The zero-order valence-electron chi connectivity index (χ0n) is 16.8. The van der Waals surface area contributed by atoms with Crippen LogP contribution in [0.25, 0.3) is 0 Å². The Kier molecular flexibility index (Phi) is 5.48. The zero-order valence-corrected chi connectivity index (χ0v) is 16.8. The predicted octanol–water partition coefficient (Wildman–Crippen LogP) is 3.57. The third-order valence-corrected chi connectivity index (χ3v) is 6.05. The number of aromatic nitrogens is 1. The van der Waals surface area contributed by atoms with Gasteiger partial charge in [-0.05, 0) is 49.4 Å². The number of hydrogen-bond acceptors (Lipinski definition) is 6. The normalized spacial score (nSPS) is 23.4. The van der Waals surface area contributed by atoms with Crippen LogP contribution in [0.3, 0.4) is 0 Å². The number of fused-ring (bicyclic) bond motifs is 1. The number of nitrogens with zero attached hydrogens (tertiary/aromatic N) is 3. The number of nitro benzene ring substituents is 1. The second-order valence-electron chi connectivity index (χ2n) is 8.10. The summed E-state index contributed by atoms with van der Waals surface area (Å²) >= 11 is 0. The Labute approximate surface area is 174 Å². The standard InChI is InChI=1S/C22H24N4O4/c1-14-5-7-17-18(12-14)22(28)25(21(17)27)16-6-8-19(20(13-16)26(29)30)24-11-9-15-4-2-3-10-23-15/h2-4,6,8,10,13-14,17-18,24H,5,7,9,11-12H2,1H3/t14-,17-,18+/m1/s1. The maximum Gasteiger partial charge on any atom is 0.294 e. The third-order valence-electron chi connectivity index (χ3n) is 6.05. The molecular weight excluding hydrogens is 384 g/mol. The lowest BCUT2D eigenvalue weighted by Crippen LogP contribution is -2.31. The highest BCUT2D eigenvalue weighted by Gasteiger charge is 2.50. The van der Waals surface area contributed by atoms with E-state index in [1.54, 1.807) is 18.3 Å². The van der Waals surface area contributed by atoms with E-state index in [0.29, 0.717) is 37.4 Å². The molecule has 2 fully saturated rings. The Morgan fingerprint density at radius 3 is 2.70 bits per heavy atom. The SMILES string of the molecule is C[C@@H]1CC[C@H]2C(=O)N(c3ccc(NCCc4ccccn4)c([N+](=O)[O-])c3)C(=O)[C@H]2C1. The number of carbonyl (C=O) groups excluding carboxylic acids is 2. The Morgan fingerprint density at radius 1 is 1.17 bits per heavy atom. The van der Waals surface area contributed by atoms with Crippen LogP contribution in [-0.4, -0.2) is 28.3 Å². The molecule has 0 bridgehead atoms. The number of benzene rings is 1. The third kappa shape index (κ3) is 3.77. The maximum atomic E-state index is 12.9. The van der Waals surface area contributed by atoms with Gasteiger partial charge in [-0.1, -0.05) is 13.0 Å². The highest BCUT2D eigenvalue weighted by Crippen LogP contribution is 2.43. The molecule has 156 valence electrons. The maximum absolute atomic E-state index is 12.9. The van der Waals surface area contributed by atoms with Crippen LogP contribution >= 0.6 is 0 Å². The van der Waals surface area contributed by atoms with Gasteiger partial charge in [0, 0.05) is 30.9 Å². The van der Waals surface area contributed by atoms with E-state index in [1.165, 1.54) is 6.07 Å². The number of pyridine rings is 1. The van der Waals surface area contributed by atoms with Crippen LogP contribution in [0, 0.1) is 27.9 Å². The van der Waals surface area contributed by atoms with Gasteiger partial charge in [0.25, 0.3) is 5.69 Å². The molecule has 2 heterocycles. The lowest BCUT2D eigenvalue weighted by molar-refractivity contribution is -0.383. The van der Waals surface area contributed by atoms with E-state index in [4.69, 9.17) is 0 Å².